The number of amides is 1. The molecule has 0 spiro atoms. The van der Waals surface area contributed by atoms with E-state index < -0.39 is 20.7 Å². The number of nitrogens with zero attached hydrogens (tertiary/aromatic N) is 1. The lowest BCUT2D eigenvalue weighted by Gasteiger charge is -2.46. The number of hydrogen-bond acceptors (Lipinski definition) is 3. The fraction of sp³-hybridized carbons (Fsp3) is 0.480. The summed E-state index contributed by atoms with van der Waals surface area (Å²) in [6, 6.07) is 18.0. The van der Waals surface area contributed by atoms with Crippen molar-refractivity contribution in [3.05, 3.63) is 71.3 Å². The summed E-state index contributed by atoms with van der Waals surface area (Å²) < 4.78 is 28.6. The van der Waals surface area contributed by atoms with Crippen molar-refractivity contribution in [2.45, 2.75) is 74.7 Å². The first-order valence-corrected chi connectivity index (χ1v) is 12.9. The number of hydrogen-bond donors (Lipinski definition) is 1. The smallest absolute Gasteiger partial charge is 0.230 e. The van der Waals surface area contributed by atoms with Crippen molar-refractivity contribution in [1.82, 2.24) is 9.62 Å². The van der Waals surface area contributed by atoms with Crippen LogP contribution < -0.4 is 5.32 Å². The molecule has 2 bridgehead atoms. The van der Waals surface area contributed by atoms with Crippen molar-refractivity contribution in [3.63, 3.8) is 0 Å². The van der Waals surface area contributed by atoms with Gasteiger partial charge in [-0.05, 0) is 62.1 Å². The molecule has 3 aliphatic heterocycles. The van der Waals surface area contributed by atoms with E-state index in [-0.39, 0.29) is 11.9 Å². The van der Waals surface area contributed by atoms with Crippen molar-refractivity contribution in [2.24, 2.45) is 0 Å². The van der Waals surface area contributed by atoms with Crippen molar-refractivity contribution < 1.29 is 13.2 Å². The lowest BCUT2D eigenvalue weighted by atomic mass is 9.64. The summed E-state index contributed by atoms with van der Waals surface area (Å²) in [6.07, 6.45) is 5.39. The normalized spacial score (nSPS) is 32.5. The Bertz CT molecular complexity index is 1060. The number of nitrogens with one attached hydrogen (secondary N) is 1. The van der Waals surface area contributed by atoms with Crippen LogP contribution in [0, 0.1) is 0 Å². The maximum Gasteiger partial charge on any atom is 0.230 e. The molecule has 6 heteroatoms. The Labute approximate surface area is 184 Å². The second-order valence-corrected chi connectivity index (χ2v) is 11.5. The van der Waals surface area contributed by atoms with Crippen molar-refractivity contribution in [1.29, 1.82) is 0 Å². The average molecular weight is 439 g/mol. The first kappa shape index (κ1) is 20.7. The van der Waals surface area contributed by atoms with E-state index in [0.29, 0.717) is 19.0 Å². The van der Waals surface area contributed by atoms with Crippen molar-refractivity contribution in [3.8, 4) is 0 Å². The van der Waals surface area contributed by atoms with Gasteiger partial charge in [0.15, 0.2) is 0 Å². The fourth-order valence-electron chi connectivity index (χ4n) is 5.69. The van der Waals surface area contributed by atoms with E-state index in [0.717, 1.165) is 48.8 Å². The van der Waals surface area contributed by atoms with Crippen LogP contribution in [0.3, 0.4) is 0 Å². The van der Waals surface area contributed by atoms with Gasteiger partial charge >= 0.3 is 0 Å². The largest absolute Gasteiger partial charge is 0.353 e. The van der Waals surface area contributed by atoms with E-state index >= 15 is 0 Å². The van der Waals surface area contributed by atoms with Crippen LogP contribution in [-0.2, 0) is 26.8 Å². The molecular formula is C25H30N2O3S. The van der Waals surface area contributed by atoms with E-state index in [9.17, 15) is 13.2 Å². The van der Waals surface area contributed by atoms with Crippen LogP contribution in [0.2, 0.25) is 0 Å². The van der Waals surface area contributed by atoms with Crippen LogP contribution in [0.1, 0.15) is 67.4 Å². The van der Waals surface area contributed by atoms with Gasteiger partial charge in [-0.3, -0.25) is 4.79 Å². The minimum absolute atomic E-state index is 0.0253. The zero-order valence-electron chi connectivity index (χ0n) is 18.0. The van der Waals surface area contributed by atoms with Gasteiger partial charge in [0.25, 0.3) is 0 Å². The second kappa shape index (κ2) is 7.75. The van der Waals surface area contributed by atoms with E-state index in [1.807, 2.05) is 61.5 Å². The first-order chi connectivity index (χ1) is 14.9. The third-order valence-corrected chi connectivity index (χ3v) is 10.0. The number of carbonyl (C=O) groups excluding carboxylic acids is 1. The lowest BCUT2D eigenvalue weighted by Crippen LogP contribution is -2.58. The van der Waals surface area contributed by atoms with Gasteiger partial charge in [-0.1, -0.05) is 54.6 Å². The maximum absolute atomic E-state index is 13.5. The molecule has 6 rings (SSSR count). The number of rotatable bonds is 4. The number of sulfonamides is 1. The molecule has 0 radical (unpaired) electrons. The standard InChI is InChI=1S/C25H30N2O3S/c1-18-7-12-23(20-5-3-2-4-6-20)31(29,30)27(18)17-19-8-10-21(11-9-19)25-15-13-22(14-16-25)26-24(25)28/h2-6,8-11,18,22-23H,7,12-17H2,1H3,(H,26,28). The summed E-state index contributed by atoms with van der Waals surface area (Å²) in [5.74, 6) is 0.153. The molecule has 1 aliphatic carbocycles. The number of benzene rings is 2. The summed E-state index contributed by atoms with van der Waals surface area (Å²) in [7, 11) is -3.45. The summed E-state index contributed by atoms with van der Waals surface area (Å²) >= 11 is 0. The molecule has 3 heterocycles. The Morgan fingerprint density at radius 2 is 1.65 bits per heavy atom. The molecule has 1 N–H and O–H groups in total. The monoisotopic (exact) mass is 438 g/mol. The topological polar surface area (TPSA) is 66.5 Å². The third kappa shape index (κ3) is 3.50. The highest BCUT2D eigenvalue weighted by Crippen LogP contribution is 2.44. The maximum atomic E-state index is 13.5. The van der Waals surface area contributed by atoms with Gasteiger partial charge in [0.05, 0.1) is 5.41 Å². The molecule has 4 aliphatic rings. The van der Waals surface area contributed by atoms with Gasteiger partial charge < -0.3 is 5.32 Å². The predicted octanol–water partition coefficient (Wildman–Crippen LogP) is 4.05. The fourth-order valence-corrected chi connectivity index (χ4v) is 7.88. The Hall–Kier alpha value is -2.18. The summed E-state index contributed by atoms with van der Waals surface area (Å²) in [4.78, 5) is 12.7. The molecule has 5 nitrogen and oxygen atoms in total. The molecule has 2 unspecified atom stereocenters. The predicted molar refractivity (Wildman–Crippen MR) is 121 cm³/mol. The highest BCUT2D eigenvalue weighted by molar-refractivity contribution is 7.89. The van der Waals surface area contributed by atoms with Crippen LogP contribution in [0.25, 0.3) is 0 Å². The van der Waals surface area contributed by atoms with Gasteiger partial charge in [0, 0.05) is 18.6 Å². The molecule has 4 fully saturated rings. The van der Waals surface area contributed by atoms with Gasteiger partial charge in [0.1, 0.15) is 5.25 Å². The van der Waals surface area contributed by atoms with Crippen molar-refractivity contribution >= 4 is 15.9 Å². The highest BCUT2D eigenvalue weighted by Gasteiger charge is 2.48. The highest BCUT2D eigenvalue weighted by atomic mass is 32.2. The van der Waals surface area contributed by atoms with E-state index in [1.165, 1.54) is 0 Å². The molecule has 164 valence electrons. The van der Waals surface area contributed by atoms with Gasteiger partial charge in [0.2, 0.25) is 15.9 Å². The number of piperidine rings is 2. The van der Waals surface area contributed by atoms with E-state index in [2.05, 4.69) is 5.32 Å². The van der Waals surface area contributed by atoms with Crippen molar-refractivity contribution in [2.75, 3.05) is 0 Å². The van der Waals surface area contributed by atoms with Crippen LogP contribution in [0.5, 0.6) is 0 Å². The third-order valence-electron chi connectivity index (χ3n) is 7.65. The lowest BCUT2D eigenvalue weighted by molar-refractivity contribution is -0.133. The van der Waals surface area contributed by atoms with E-state index in [1.54, 1.807) is 4.31 Å². The number of carbonyl (C=O) groups is 1. The molecule has 1 amide bonds. The first-order valence-electron chi connectivity index (χ1n) is 11.4. The van der Waals surface area contributed by atoms with Crippen LogP contribution in [-0.4, -0.2) is 30.7 Å². The summed E-state index contributed by atoms with van der Waals surface area (Å²) in [5.41, 5.74) is 2.49. The Morgan fingerprint density at radius 3 is 2.29 bits per heavy atom. The quantitative estimate of drug-likeness (QED) is 0.783. The minimum atomic E-state index is -3.45. The Kier molecular flexibility index (Phi) is 5.18. The van der Waals surface area contributed by atoms with Crippen LogP contribution in [0.4, 0.5) is 0 Å². The molecule has 2 atom stereocenters. The van der Waals surface area contributed by atoms with Gasteiger partial charge in [-0.25, -0.2) is 8.42 Å². The Morgan fingerprint density at radius 1 is 0.968 bits per heavy atom. The zero-order chi connectivity index (χ0) is 21.6. The SMILES string of the molecule is CC1CCC(c2ccccc2)S(=O)(=O)N1Cc1ccc(C23CCC(CC2)NC3=O)cc1. The molecule has 1 saturated carbocycles. The molecule has 3 saturated heterocycles. The zero-order valence-corrected chi connectivity index (χ0v) is 18.8. The molecule has 2 aromatic carbocycles. The van der Waals surface area contributed by atoms with Gasteiger partial charge in [-0.2, -0.15) is 4.31 Å². The Balaban J connectivity index is 1.38. The van der Waals surface area contributed by atoms with Crippen LogP contribution in [0.15, 0.2) is 54.6 Å². The summed E-state index contributed by atoms with van der Waals surface area (Å²) in [6.45, 7) is 2.37. The molecular weight excluding hydrogens is 408 g/mol. The second-order valence-electron chi connectivity index (χ2n) is 9.44. The molecule has 31 heavy (non-hydrogen) atoms. The summed E-state index contributed by atoms with van der Waals surface area (Å²) in [5, 5.41) is 2.66. The van der Waals surface area contributed by atoms with E-state index in [4.69, 9.17) is 0 Å². The minimum Gasteiger partial charge on any atom is -0.353 e. The molecule has 2 aromatic rings. The van der Waals surface area contributed by atoms with Gasteiger partial charge in [-0.15, -0.1) is 0 Å². The van der Waals surface area contributed by atoms with Crippen LogP contribution >= 0.6 is 0 Å². The number of fused-ring (bicyclic) bond motifs is 3. The average Bonchev–Trinajstić information content (AvgIpc) is 2.78. The molecule has 0 aromatic heterocycles.